The highest BCUT2D eigenvalue weighted by molar-refractivity contribution is 9.10. The number of benzene rings is 1. The van der Waals surface area contributed by atoms with E-state index >= 15 is 0 Å². The highest BCUT2D eigenvalue weighted by Crippen LogP contribution is 2.66. The van der Waals surface area contributed by atoms with Crippen LogP contribution in [0.3, 0.4) is 0 Å². The average Bonchev–Trinajstić information content (AvgIpc) is 2.92. The van der Waals surface area contributed by atoms with Crippen LogP contribution < -0.4 is 0 Å². The van der Waals surface area contributed by atoms with E-state index in [1.807, 2.05) is 6.07 Å². The number of fused-ring (bicyclic) bond motifs is 5. The summed E-state index contributed by atoms with van der Waals surface area (Å²) in [6, 6.07) is 8.35. The molecule has 1 nitrogen and oxygen atoms in total. The third kappa shape index (κ3) is 2.81. The molecule has 1 aromatic rings. The van der Waals surface area contributed by atoms with Gasteiger partial charge in [-0.3, -0.25) is 4.79 Å². The summed E-state index contributed by atoms with van der Waals surface area (Å²) in [7, 11) is 0. The van der Waals surface area contributed by atoms with Gasteiger partial charge in [-0.15, -0.1) is 0 Å². The number of rotatable bonds is 1. The van der Waals surface area contributed by atoms with Crippen LogP contribution in [0.4, 0.5) is 0 Å². The molecular weight excluding hydrogens is 408 g/mol. The van der Waals surface area contributed by atoms with Gasteiger partial charge in [0.05, 0.1) is 0 Å². The molecule has 0 N–H and O–H groups in total. The molecule has 0 heterocycles. The van der Waals surface area contributed by atoms with Crippen molar-refractivity contribution in [1.29, 1.82) is 0 Å². The quantitative estimate of drug-likeness (QED) is 0.414. The van der Waals surface area contributed by atoms with E-state index in [0.29, 0.717) is 17.1 Å². The van der Waals surface area contributed by atoms with Crippen molar-refractivity contribution in [3.05, 3.63) is 39.9 Å². The van der Waals surface area contributed by atoms with Gasteiger partial charge < -0.3 is 0 Å². The van der Waals surface area contributed by atoms with Crippen LogP contribution in [0.1, 0.15) is 77.2 Å². The molecule has 0 aliphatic heterocycles. The number of hydrogen-bond acceptors (Lipinski definition) is 1. The van der Waals surface area contributed by atoms with E-state index in [1.165, 1.54) is 44.9 Å². The van der Waals surface area contributed by atoms with Crippen LogP contribution in [0.25, 0.3) is 6.08 Å². The molecule has 1 aromatic carbocycles. The maximum atomic E-state index is 13.5. The maximum absolute atomic E-state index is 13.5. The molecule has 0 saturated heterocycles. The lowest BCUT2D eigenvalue weighted by Gasteiger charge is -2.59. The van der Waals surface area contributed by atoms with E-state index in [9.17, 15) is 4.79 Å². The molecule has 4 aliphatic rings. The van der Waals surface area contributed by atoms with Gasteiger partial charge >= 0.3 is 0 Å². The summed E-state index contributed by atoms with van der Waals surface area (Å²) < 4.78 is 1.08. The topological polar surface area (TPSA) is 17.1 Å². The van der Waals surface area contributed by atoms with Gasteiger partial charge in [0.2, 0.25) is 0 Å². The van der Waals surface area contributed by atoms with Gasteiger partial charge in [-0.1, -0.05) is 54.8 Å². The molecule has 28 heavy (non-hydrogen) atoms. The fourth-order valence-corrected chi connectivity index (χ4v) is 8.31. The first-order chi connectivity index (χ1) is 13.4. The summed E-state index contributed by atoms with van der Waals surface area (Å²) in [5.74, 6) is 3.57. The zero-order valence-corrected chi connectivity index (χ0v) is 18.9. The molecule has 0 amide bonds. The Kier molecular flexibility index (Phi) is 4.66. The Hall–Kier alpha value is -0.890. The van der Waals surface area contributed by atoms with Gasteiger partial charge in [-0.25, -0.2) is 0 Å². The molecular formula is C26H33BrO. The third-order valence-electron chi connectivity index (χ3n) is 9.41. The second-order valence-electron chi connectivity index (χ2n) is 10.6. The molecule has 6 atom stereocenters. The predicted octanol–water partition coefficient (Wildman–Crippen LogP) is 7.44. The van der Waals surface area contributed by atoms with E-state index in [1.54, 1.807) is 0 Å². The van der Waals surface area contributed by atoms with E-state index in [2.05, 4.69) is 54.1 Å². The van der Waals surface area contributed by atoms with Crippen molar-refractivity contribution in [1.82, 2.24) is 0 Å². The zero-order valence-electron chi connectivity index (χ0n) is 17.3. The van der Waals surface area contributed by atoms with Crippen LogP contribution >= 0.6 is 15.9 Å². The van der Waals surface area contributed by atoms with Crippen molar-refractivity contribution in [3.8, 4) is 0 Å². The molecule has 0 bridgehead atoms. The SMILES string of the molecule is C[C@]12CCCC[C@@H]1CC[C@H]1[C@H]2CC[C@]2(C)C(=O)/C(=C\c3cccc(Br)c3)C[C@H]12. The predicted molar refractivity (Wildman–Crippen MR) is 119 cm³/mol. The Labute approximate surface area is 178 Å². The van der Waals surface area contributed by atoms with E-state index in [4.69, 9.17) is 0 Å². The Balaban J connectivity index is 1.46. The first-order valence-corrected chi connectivity index (χ1v) is 12.2. The Bertz CT molecular complexity index is 825. The van der Waals surface area contributed by atoms with Crippen molar-refractivity contribution in [2.45, 2.75) is 71.6 Å². The van der Waals surface area contributed by atoms with Gasteiger partial charge in [-0.05, 0) is 103 Å². The van der Waals surface area contributed by atoms with Gasteiger partial charge in [0, 0.05) is 9.89 Å². The monoisotopic (exact) mass is 440 g/mol. The van der Waals surface area contributed by atoms with Gasteiger partial charge in [-0.2, -0.15) is 0 Å². The molecule has 0 unspecified atom stereocenters. The van der Waals surface area contributed by atoms with E-state index < -0.39 is 0 Å². The van der Waals surface area contributed by atoms with Crippen molar-refractivity contribution in [3.63, 3.8) is 0 Å². The lowest BCUT2D eigenvalue weighted by molar-refractivity contribution is -0.137. The Morgan fingerprint density at radius 1 is 1.04 bits per heavy atom. The third-order valence-corrected chi connectivity index (χ3v) is 9.91. The van der Waals surface area contributed by atoms with Gasteiger partial charge in [0.15, 0.2) is 5.78 Å². The summed E-state index contributed by atoms with van der Waals surface area (Å²) in [5, 5.41) is 0. The van der Waals surface area contributed by atoms with Gasteiger partial charge in [0.1, 0.15) is 0 Å². The number of ketones is 1. The first kappa shape index (κ1) is 19.1. The highest BCUT2D eigenvalue weighted by atomic mass is 79.9. The van der Waals surface area contributed by atoms with E-state index in [0.717, 1.165) is 46.2 Å². The van der Waals surface area contributed by atoms with Crippen LogP contribution in [-0.4, -0.2) is 5.78 Å². The fourth-order valence-electron chi connectivity index (χ4n) is 7.89. The second-order valence-corrected chi connectivity index (χ2v) is 11.5. The molecule has 4 fully saturated rings. The minimum atomic E-state index is -0.114. The van der Waals surface area contributed by atoms with Crippen molar-refractivity contribution >= 4 is 27.8 Å². The Morgan fingerprint density at radius 2 is 1.89 bits per heavy atom. The lowest BCUT2D eigenvalue weighted by Crippen LogP contribution is -2.52. The highest BCUT2D eigenvalue weighted by Gasteiger charge is 2.60. The maximum Gasteiger partial charge on any atom is 0.165 e. The van der Waals surface area contributed by atoms with E-state index in [-0.39, 0.29) is 5.41 Å². The van der Waals surface area contributed by atoms with Crippen LogP contribution in [0.15, 0.2) is 34.3 Å². The summed E-state index contributed by atoms with van der Waals surface area (Å²) in [5.41, 5.74) is 2.67. The molecule has 0 spiro atoms. The summed E-state index contributed by atoms with van der Waals surface area (Å²) in [6.07, 6.45) is 14.1. The normalized spacial score (nSPS) is 44.1. The van der Waals surface area contributed by atoms with Crippen molar-refractivity contribution in [2.24, 2.45) is 34.5 Å². The number of carbonyl (C=O) groups excluding carboxylic acids is 1. The van der Waals surface area contributed by atoms with Crippen LogP contribution in [0.2, 0.25) is 0 Å². The largest absolute Gasteiger partial charge is 0.294 e. The smallest absolute Gasteiger partial charge is 0.165 e. The average molecular weight is 441 g/mol. The second kappa shape index (κ2) is 6.83. The van der Waals surface area contributed by atoms with Crippen LogP contribution in [-0.2, 0) is 4.79 Å². The minimum absolute atomic E-state index is 0.114. The number of allylic oxidation sites excluding steroid dienone is 1. The standard InChI is InChI=1S/C26H33BrO/c1-25-12-4-3-7-19(25)9-10-21-22(25)11-13-26(2)23(21)16-18(24(26)28)14-17-6-5-8-20(27)15-17/h5-6,8,14-15,19,21-23H,3-4,7,9-13,16H2,1-2H3/b18-14-/t19-,21+,22-,23-,25+,26+/m1/s1. The number of carbonyl (C=O) groups is 1. The zero-order chi connectivity index (χ0) is 19.5. The Morgan fingerprint density at radius 3 is 2.71 bits per heavy atom. The molecule has 2 heteroatoms. The molecule has 5 rings (SSSR count). The number of Topliss-reactive ketones (excluding diaryl/α,β-unsaturated/α-hetero) is 1. The van der Waals surface area contributed by atoms with Crippen molar-refractivity contribution in [2.75, 3.05) is 0 Å². The summed E-state index contributed by atoms with van der Waals surface area (Å²) in [4.78, 5) is 13.5. The summed E-state index contributed by atoms with van der Waals surface area (Å²) >= 11 is 3.57. The first-order valence-electron chi connectivity index (χ1n) is 11.4. The molecule has 4 aliphatic carbocycles. The van der Waals surface area contributed by atoms with Crippen LogP contribution in [0.5, 0.6) is 0 Å². The molecule has 4 saturated carbocycles. The molecule has 0 aromatic heterocycles. The van der Waals surface area contributed by atoms with Gasteiger partial charge in [0.25, 0.3) is 0 Å². The minimum Gasteiger partial charge on any atom is -0.294 e. The number of halogens is 1. The lowest BCUT2D eigenvalue weighted by atomic mass is 9.45. The molecule has 0 radical (unpaired) electrons. The van der Waals surface area contributed by atoms with Crippen molar-refractivity contribution < 1.29 is 4.79 Å². The molecule has 150 valence electrons. The van der Waals surface area contributed by atoms with Crippen LogP contribution in [0, 0.1) is 34.5 Å². The number of hydrogen-bond donors (Lipinski definition) is 0. The fraction of sp³-hybridized carbons (Fsp3) is 0.654. The summed E-state index contributed by atoms with van der Waals surface area (Å²) in [6.45, 7) is 4.92.